The van der Waals surface area contributed by atoms with Crippen molar-refractivity contribution in [2.45, 2.75) is 49.6 Å². The van der Waals surface area contributed by atoms with Crippen LogP contribution in [0.5, 0.6) is 0 Å². The van der Waals surface area contributed by atoms with E-state index >= 15 is 0 Å². The molecule has 0 spiro atoms. The number of hydrogen-bond acceptors (Lipinski definition) is 5. The molecule has 2 aromatic carbocycles. The lowest BCUT2D eigenvalue weighted by Crippen LogP contribution is -2.23. The number of aryl methyl sites for hydroxylation is 2. The van der Waals surface area contributed by atoms with E-state index < -0.39 is 0 Å². The lowest BCUT2D eigenvalue weighted by molar-refractivity contribution is -0.115. The molecular weight excluding hydrogens is 442 g/mol. The molecule has 32 heavy (non-hydrogen) atoms. The van der Waals surface area contributed by atoms with Gasteiger partial charge in [-0.2, -0.15) is 0 Å². The number of thioether (sulfide) groups is 1. The average molecular weight is 470 g/mol. The van der Waals surface area contributed by atoms with Gasteiger partial charge in [-0.05, 0) is 94.7 Å². The Bertz CT molecular complexity index is 1110. The molecule has 0 saturated carbocycles. The van der Waals surface area contributed by atoms with Gasteiger partial charge in [-0.3, -0.25) is 14.3 Å². The van der Waals surface area contributed by atoms with Crippen molar-refractivity contribution in [3.05, 3.63) is 64.4 Å². The summed E-state index contributed by atoms with van der Waals surface area (Å²) in [4.78, 5) is 15.0. The van der Waals surface area contributed by atoms with Crippen LogP contribution in [0.25, 0.3) is 5.69 Å². The minimum absolute atomic E-state index is 0.0445. The molecule has 8 heteroatoms. The summed E-state index contributed by atoms with van der Waals surface area (Å²) < 4.78 is 2.00. The van der Waals surface area contributed by atoms with Gasteiger partial charge in [-0.15, -0.1) is 10.2 Å². The molecule has 0 unspecified atom stereocenters. The lowest BCUT2D eigenvalue weighted by atomic mass is 10.1. The van der Waals surface area contributed by atoms with Crippen LogP contribution in [0.2, 0.25) is 5.02 Å². The van der Waals surface area contributed by atoms with E-state index in [2.05, 4.69) is 39.5 Å². The third-order valence-electron chi connectivity index (χ3n) is 5.91. The zero-order valence-corrected chi connectivity index (χ0v) is 20.4. The van der Waals surface area contributed by atoms with Crippen molar-refractivity contribution in [3.8, 4) is 5.69 Å². The third-order valence-corrected chi connectivity index (χ3v) is 7.20. The molecule has 1 N–H and O–H groups in total. The maximum absolute atomic E-state index is 12.9. The number of halogens is 1. The average Bonchev–Trinajstić information content (AvgIpc) is 3.40. The molecule has 1 aliphatic carbocycles. The molecule has 3 aromatic rings. The van der Waals surface area contributed by atoms with Gasteiger partial charge in [0.2, 0.25) is 5.91 Å². The Hall–Kier alpha value is -2.35. The second-order valence-corrected chi connectivity index (χ2v) is 10.1. The van der Waals surface area contributed by atoms with E-state index in [1.54, 1.807) is 0 Å². The van der Waals surface area contributed by atoms with Crippen LogP contribution in [0.3, 0.4) is 0 Å². The second-order valence-electron chi connectivity index (χ2n) is 8.38. The van der Waals surface area contributed by atoms with Gasteiger partial charge in [0.1, 0.15) is 0 Å². The van der Waals surface area contributed by atoms with E-state index in [9.17, 15) is 4.79 Å². The Labute approximate surface area is 198 Å². The van der Waals surface area contributed by atoms with Crippen LogP contribution in [0.15, 0.2) is 47.6 Å². The molecule has 0 aliphatic heterocycles. The van der Waals surface area contributed by atoms with Crippen molar-refractivity contribution < 1.29 is 4.79 Å². The summed E-state index contributed by atoms with van der Waals surface area (Å²) in [6.07, 6.45) is 3.40. The van der Waals surface area contributed by atoms with E-state index in [-0.39, 0.29) is 17.2 Å². The Morgan fingerprint density at radius 1 is 1.09 bits per heavy atom. The zero-order chi connectivity index (χ0) is 22.8. The van der Waals surface area contributed by atoms with Gasteiger partial charge < -0.3 is 5.32 Å². The largest absolute Gasteiger partial charge is 0.325 e. The van der Waals surface area contributed by atoms with Crippen LogP contribution in [-0.2, 0) is 17.6 Å². The van der Waals surface area contributed by atoms with Gasteiger partial charge in [0.15, 0.2) is 11.0 Å². The van der Waals surface area contributed by atoms with Gasteiger partial charge in [0.05, 0.1) is 11.3 Å². The number of amides is 1. The highest BCUT2D eigenvalue weighted by Crippen LogP contribution is 2.31. The minimum atomic E-state index is -0.346. The molecule has 4 rings (SSSR count). The van der Waals surface area contributed by atoms with Crippen molar-refractivity contribution in [3.63, 3.8) is 0 Å². The molecule has 1 aliphatic rings. The van der Waals surface area contributed by atoms with Crippen LogP contribution in [0, 0.1) is 0 Å². The van der Waals surface area contributed by atoms with Gasteiger partial charge >= 0.3 is 0 Å². The van der Waals surface area contributed by atoms with Crippen LogP contribution < -0.4 is 5.32 Å². The number of aromatic nitrogens is 3. The summed E-state index contributed by atoms with van der Waals surface area (Å²) in [5.41, 5.74) is 4.50. The first-order chi connectivity index (χ1) is 15.3. The van der Waals surface area contributed by atoms with E-state index in [4.69, 9.17) is 11.6 Å². The Morgan fingerprint density at radius 3 is 2.53 bits per heavy atom. The molecule has 1 aromatic heterocycles. The van der Waals surface area contributed by atoms with Crippen LogP contribution >= 0.6 is 23.4 Å². The van der Waals surface area contributed by atoms with Gasteiger partial charge in [0.25, 0.3) is 0 Å². The number of carbonyl (C=O) groups excluding carboxylic acids is 1. The molecule has 168 valence electrons. The number of anilines is 1. The quantitative estimate of drug-likeness (QED) is 0.485. The number of benzene rings is 2. The second kappa shape index (κ2) is 9.65. The zero-order valence-electron chi connectivity index (χ0n) is 18.8. The minimum Gasteiger partial charge on any atom is -0.325 e. The van der Waals surface area contributed by atoms with Crippen molar-refractivity contribution in [1.82, 2.24) is 19.7 Å². The first-order valence-corrected chi connectivity index (χ1v) is 12.1. The number of fused-ring (bicyclic) bond motifs is 1. The van der Waals surface area contributed by atoms with Crippen molar-refractivity contribution in [2.24, 2.45) is 0 Å². The molecule has 0 radical (unpaired) electrons. The van der Waals surface area contributed by atoms with E-state index in [0.717, 1.165) is 30.0 Å². The number of nitrogens with zero attached hydrogens (tertiary/aromatic N) is 4. The summed E-state index contributed by atoms with van der Waals surface area (Å²) >= 11 is 7.49. The highest BCUT2D eigenvalue weighted by atomic mass is 35.5. The first kappa shape index (κ1) is 22.8. The Balaban J connectivity index is 1.56. The van der Waals surface area contributed by atoms with E-state index in [1.807, 2.05) is 55.9 Å². The van der Waals surface area contributed by atoms with Crippen molar-refractivity contribution >= 4 is 35.0 Å². The van der Waals surface area contributed by atoms with Gasteiger partial charge in [0, 0.05) is 16.4 Å². The topological polar surface area (TPSA) is 63.1 Å². The van der Waals surface area contributed by atoms with Crippen molar-refractivity contribution in [2.75, 3.05) is 19.4 Å². The Morgan fingerprint density at radius 2 is 1.81 bits per heavy atom. The fourth-order valence-corrected chi connectivity index (χ4v) is 4.80. The first-order valence-electron chi connectivity index (χ1n) is 10.8. The standard InChI is InChI=1S/C24H28ClN5OS/c1-15(29(3)4)22-27-28-24(30(22)21-12-9-19(25)10-13-21)32-16(2)23(31)26-20-11-8-17-6-5-7-18(17)14-20/h8-16H,5-7H2,1-4H3,(H,26,31)/t15-,16-/m1/s1. The van der Waals surface area contributed by atoms with Crippen molar-refractivity contribution in [1.29, 1.82) is 0 Å². The van der Waals surface area contributed by atoms with Crippen LogP contribution in [-0.4, -0.2) is 44.9 Å². The molecule has 1 heterocycles. The molecule has 6 nitrogen and oxygen atoms in total. The maximum Gasteiger partial charge on any atom is 0.237 e. The number of carbonyl (C=O) groups is 1. The van der Waals surface area contributed by atoms with E-state index in [0.29, 0.717) is 10.2 Å². The summed E-state index contributed by atoms with van der Waals surface area (Å²) in [6, 6.07) is 13.8. The van der Waals surface area contributed by atoms with Gasteiger partial charge in [-0.25, -0.2) is 0 Å². The molecular formula is C24H28ClN5OS. The molecule has 0 saturated heterocycles. The summed E-state index contributed by atoms with van der Waals surface area (Å²) in [6.45, 7) is 3.97. The number of nitrogens with one attached hydrogen (secondary N) is 1. The highest BCUT2D eigenvalue weighted by Gasteiger charge is 2.24. The van der Waals surface area contributed by atoms with Crippen LogP contribution in [0.1, 0.15) is 43.3 Å². The maximum atomic E-state index is 12.9. The number of rotatable bonds is 7. The fraction of sp³-hybridized carbons (Fsp3) is 0.375. The highest BCUT2D eigenvalue weighted by molar-refractivity contribution is 8.00. The summed E-state index contributed by atoms with van der Waals surface area (Å²) in [5, 5.41) is 12.9. The lowest BCUT2D eigenvalue weighted by Gasteiger charge is -2.21. The smallest absolute Gasteiger partial charge is 0.237 e. The summed E-state index contributed by atoms with van der Waals surface area (Å²) in [5.74, 6) is 0.756. The number of hydrogen-bond donors (Lipinski definition) is 1. The van der Waals surface area contributed by atoms with E-state index in [1.165, 1.54) is 29.3 Å². The Kier molecular flexibility index (Phi) is 6.88. The SMILES string of the molecule is C[C@H](c1nnc(S[C@H](C)C(=O)Nc2ccc3c(c2)CCC3)n1-c1ccc(Cl)cc1)N(C)C. The normalized spacial score (nSPS) is 14.9. The summed E-state index contributed by atoms with van der Waals surface area (Å²) in [7, 11) is 4.01. The molecule has 2 atom stereocenters. The third kappa shape index (κ3) is 4.85. The van der Waals surface area contributed by atoms with Gasteiger partial charge in [-0.1, -0.05) is 29.4 Å². The molecule has 0 fully saturated rings. The predicted octanol–water partition coefficient (Wildman–Crippen LogP) is 5.15. The fourth-order valence-electron chi connectivity index (χ4n) is 3.80. The monoisotopic (exact) mass is 469 g/mol. The molecule has 1 amide bonds. The van der Waals surface area contributed by atoms with Crippen LogP contribution in [0.4, 0.5) is 5.69 Å². The predicted molar refractivity (Wildman–Crippen MR) is 131 cm³/mol. The molecule has 0 bridgehead atoms.